The second-order valence-corrected chi connectivity index (χ2v) is 7.86. The van der Waals surface area contributed by atoms with Gasteiger partial charge in [0.25, 0.3) is 5.91 Å². The average molecular weight is 391 g/mol. The number of ether oxygens (including phenoxy) is 1. The minimum Gasteiger partial charge on any atom is -0.462 e. The smallest absolute Gasteiger partial charge is 0.341 e. The van der Waals surface area contributed by atoms with Crippen LogP contribution < -0.4 is 5.32 Å². The highest BCUT2D eigenvalue weighted by Gasteiger charge is 2.29. The van der Waals surface area contributed by atoms with Crippen molar-refractivity contribution in [1.29, 1.82) is 0 Å². The molecule has 8 heteroatoms. The fourth-order valence-electron chi connectivity index (χ4n) is 3.31. The molecule has 0 fully saturated rings. The fraction of sp³-hybridized carbons (Fsp3) is 0.526. The molecule has 0 saturated heterocycles. The molecule has 1 aliphatic rings. The molecule has 146 valence electrons. The molecule has 2 aromatic rings. The third-order valence-corrected chi connectivity index (χ3v) is 5.81. The Hall–Kier alpha value is -2.19. The van der Waals surface area contributed by atoms with Crippen LogP contribution in [0.15, 0.2) is 12.3 Å². The minimum absolute atomic E-state index is 0.0694. The molecular weight excluding hydrogens is 364 g/mol. The Morgan fingerprint density at radius 1 is 1.37 bits per heavy atom. The van der Waals surface area contributed by atoms with Crippen molar-refractivity contribution in [2.75, 3.05) is 25.0 Å². The third-order valence-electron chi connectivity index (χ3n) is 4.68. The number of carbonyl (C=O) groups excluding carboxylic acids is 2. The number of amides is 1. The summed E-state index contributed by atoms with van der Waals surface area (Å²) in [6.07, 6.45) is 2.40. The standard InChI is InChI=1S/C19H26N4O3S/c1-5-22-10-8-13-15(11-22)27-18(16(13)19(25)26-6-2)21-17(24)14-7-9-20-23(14)12(3)4/h7,9,12H,5-6,8,10-11H2,1-4H3,(H,21,24). The van der Waals surface area contributed by atoms with Crippen molar-refractivity contribution in [1.82, 2.24) is 14.7 Å². The lowest BCUT2D eigenvalue weighted by Crippen LogP contribution is -2.30. The van der Waals surface area contributed by atoms with Crippen molar-refractivity contribution in [2.45, 2.75) is 46.7 Å². The molecule has 27 heavy (non-hydrogen) atoms. The van der Waals surface area contributed by atoms with Crippen LogP contribution in [0.4, 0.5) is 5.00 Å². The molecule has 0 radical (unpaired) electrons. The number of esters is 1. The molecule has 0 unspecified atom stereocenters. The zero-order chi connectivity index (χ0) is 19.6. The Labute approximate surface area is 163 Å². The first-order chi connectivity index (χ1) is 13.0. The zero-order valence-corrected chi connectivity index (χ0v) is 17.1. The molecule has 0 bridgehead atoms. The highest BCUT2D eigenvalue weighted by molar-refractivity contribution is 7.17. The summed E-state index contributed by atoms with van der Waals surface area (Å²) < 4.78 is 6.94. The molecular formula is C19H26N4O3S. The summed E-state index contributed by atoms with van der Waals surface area (Å²) >= 11 is 1.47. The van der Waals surface area contributed by atoms with Crippen LogP contribution in [-0.2, 0) is 17.7 Å². The van der Waals surface area contributed by atoms with Gasteiger partial charge in [-0.3, -0.25) is 14.4 Å². The number of nitrogens with one attached hydrogen (secondary N) is 1. The third kappa shape index (κ3) is 3.91. The van der Waals surface area contributed by atoms with Crippen LogP contribution in [0.1, 0.15) is 65.0 Å². The lowest BCUT2D eigenvalue weighted by molar-refractivity contribution is 0.0526. The van der Waals surface area contributed by atoms with Gasteiger partial charge in [-0.25, -0.2) is 4.79 Å². The number of hydrogen-bond donors (Lipinski definition) is 1. The lowest BCUT2D eigenvalue weighted by atomic mass is 10.0. The number of likely N-dealkylation sites (N-methyl/N-ethyl adjacent to an activating group) is 1. The molecule has 1 N–H and O–H groups in total. The maximum absolute atomic E-state index is 12.8. The first kappa shape index (κ1) is 19.6. The number of rotatable bonds is 6. The second-order valence-electron chi connectivity index (χ2n) is 6.76. The summed E-state index contributed by atoms with van der Waals surface area (Å²) in [6.45, 7) is 10.8. The van der Waals surface area contributed by atoms with Crippen LogP contribution in [0.2, 0.25) is 0 Å². The Kier molecular flexibility index (Phi) is 5.96. The number of anilines is 1. The number of hydrogen-bond acceptors (Lipinski definition) is 6. The van der Waals surface area contributed by atoms with Gasteiger partial charge in [0, 0.05) is 30.2 Å². The SMILES string of the molecule is CCOC(=O)c1c(NC(=O)c2ccnn2C(C)C)sc2c1CCN(CC)C2. The van der Waals surface area contributed by atoms with E-state index in [1.165, 1.54) is 11.3 Å². The highest BCUT2D eigenvalue weighted by Crippen LogP contribution is 2.38. The summed E-state index contributed by atoms with van der Waals surface area (Å²) in [5.41, 5.74) is 1.99. The zero-order valence-electron chi connectivity index (χ0n) is 16.2. The summed E-state index contributed by atoms with van der Waals surface area (Å²) in [5, 5.41) is 7.72. The van der Waals surface area contributed by atoms with Gasteiger partial charge in [-0.2, -0.15) is 5.10 Å². The predicted molar refractivity (Wildman–Crippen MR) is 105 cm³/mol. The highest BCUT2D eigenvalue weighted by atomic mass is 32.1. The molecule has 0 saturated carbocycles. The molecule has 0 aliphatic carbocycles. The van der Waals surface area contributed by atoms with Crippen molar-refractivity contribution >= 4 is 28.2 Å². The lowest BCUT2D eigenvalue weighted by Gasteiger charge is -2.25. The molecule has 3 heterocycles. The number of nitrogens with zero attached hydrogens (tertiary/aromatic N) is 3. The Morgan fingerprint density at radius 2 is 2.15 bits per heavy atom. The van der Waals surface area contributed by atoms with Crippen LogP contribution in [0.5, 0.6) is 0 Å². The number of aromatic nitrogens is 2. The van der Waals surface area contributed by atoms with Crippen LogP contribution in [-0.4, -0.2) is 46.3 Å². The van der Waals surface area contributed by atoms with Gasteiger partial charge in [0.2, 0.25) is 0 Å². The van der Waals surface area contributed by atoms with Crippen LogP contribution in [0.25, 0.3) is 0 Å². The number of fused-ring (bicyclic) bond motifs is 1. The second kappa shape index (κ2) is 8.22. The molecule has 1 aliphatic heterocycles. The van der Waals surface area contributed by atoms with Crippen LogP contribution in [0, 0.1) is 0 Å². The molecule has 3 rings (SSSR count). The molecule has 2 aromatic heterocycles. The molecule has 1 amide bonds. The number of carbonyl (C=O) groups is 2. The van der Waals surface area contributed by atoms with Crippen molar-refractivity contribution in [3.05, 3.63) is 34.0 Å². The van der Waals surface area contributed by atoms with E-state index < -0.39 is 0 Å². The first-order valence-electron chi connectivity index (χ1n) is 9.35. The maximum Gasteiger partial charge on any atom is 0.341 e. The van der Waals surface area contributed by atoms with E-state index >= 15 is 0 Å². The van der Waals surface area contributed by atoms with Crippen molar-refractivity contribution in [3.63, 3.8) is 0 Å². The van der Waals surface area contributed by atoms with E-state index in [-0.39, 0.29) is 17.9 Å². The molecule has 0 atom stereocenters. The van der Waals surface area contributed by atoms with E-state index in [0.29, 0.717) is 22.9 Å². The maximum atomic E-state index is 12.8. The van der Waals surface area contributed by atoms with E-state index in [9.17, 15) is 9.59 Å². The van der Waals surface area contributed by atoms with Crippen LogP contribution in [0.3, 0.4) is 0 Å². The summed E-state index contributed by atoms with van der Waals surface area (Å²) in [5.74, 6) is -0.634. The van der Waals surface area contributed by atoms with E-state index in [1.807, 2.05) is 13.8 Å². The minimum atomic E-state index is -0.368. The monoisotopic (exact) mass is 390 g/mol. The molecule has 7 nitrogen and oxygen atoms in total. The summed E-state index contributed by atoms with van der Waals surface area (Å²) in [6, 6.07) is 1.76. The van der Waals surface area contributed by atoms with Crippen molar-refractivity contribution in [3.8, 4) is 0 Å². The topological polar surface area (TPSA) is 76.5 Å². The largest absolute Gasteiger partial charge is 0.462 e. The van der Waals surface area contributed by atoms with Gasteiger partial charge in [0.1, 0.15) is 10.7 Å². The Bertz CT molecular complexity index is 840. The fourth-order valence-corrected chi connectivity index (χ4v) is 4.58. The molecule has 0 spiro atoms. The van der Waals surface area contributed by atoms with Crippen molar-refractivity contribution in [2.24, 2.45) is 0 Å². The quantitative estimate of drug-likeness (QED) is 0.766. The van der Waals surface area contributed by atoms with Gasteiger partial charge in [-0.05, 0) is 45.4 Å². The average Bonchev–Trinajstić information content (AvgIpc) is 3.25. The van der Waals surface area contributed by atoms with Crippen molar-refractivity contribution < 1.29 is 14.3 Å². The van der Waals surface area contributed by atoms with E-state index in [1.54, 1.807) is 23.9 Å². The summed E-state index contributed by atoms with van der Waals surface area (Å²) in [7, 11) is 0. The first-order valence-corrected chi connectivity index (χ1v) is 10.2. The predicted octanol–water partition coefficient (Wildman–Crippen LogP) is 3.33. The van der Waals surface area contributed by atoms with Gasteiger partial charge in [-0.1, -0.05) is 6.92 Å². The van der Waals surface area contributed by atoms with Gasteiger partial charge < -0.3 is 10.1 Å². The normalized spacial score (nSPS) is 14.3. The summed E-state index contributed by atoms with van der Waals surface area (Å²) in [4.78, 5) is 28.9. The van der Waals surface area contributed by atoms with E-state index in [4.69, 9.17) is 4.74 Å². The number of thiophene rings is 1. The van der Waals surface area contributed by atoms with Gasteiger partial charge in [-0.15, -0.1) is 11.3 Å². The van der Waals surface area contributed by atoms with Crippen LogP contribution >= 0.6 is 11.3 Å². The van der Waals surface area contributed by atoms with Gasteiger partial charge >= 0.3 is 5.97 Å². The van der Waals surface area contributed by atoms with E-state index in [0.717, 1.165) is 36.5 Å². The van der Waals surface area contributed by atoms with Gasteiger partial charge in [0.15, 0.2) is 0 Å². The Balaban J connectivity index is 1.94. The van der Waals surface area contributed by atoms with Gasteiger partial charge in [0.05, 0.1) is 12.2 Å². The Morgan fingerprint density at radius 3 is 2.81 bits per heavy atom. The van der Waals surface area contributed by atoms with E-state index in [2.05, 4.69) is 22.2 Å². The molecule has 0 aromatic carbocycles.